The number of hydrogen-bond donors (Lipinski definition) is 2. The molecule has 0 saturated carbocycles. The summed E-state index contributed by atoms with van der Waals surface area (Å²) in [6.45, 7) is 3.18. The van der Waals surface area contributed by atoms with Crippen molar-refractivity contribution in [3.63, 3.8) is 0 Å². The Morgan fingerprint density at radius 2 is 2.04 bits per heavy atom. The topological polar surface area (TPSA) is 93.0 Å². The molecule has 0 aliphatic heterocycles. The minimum atomic E-state index is -5.01. The molecule has 7 nitrogen and oxygen atoms in total. The van der Waals surface area contributed by atoms with Crippen LogP contribution in [0.4, 0.5) is 17.6 Å². The highest BCUT2D eigenvalue weighted by atomic mass is 19.4. The highest BCUT2D eigenvalue weighted by molar-refractivity contribution is 5.77. The molecule has 1 atom stereocenters. The van der Waals surface area contributed by atoms with Crippen LogP contribution in [0.5, 0.6) is 5.75 Å². The molecule has 0 aliphatic carbocycles. The van der Waals surface area contributed by atoms with Crippen LogP contribution in [-0.4, -0.2) is 31.2 Å². The molecular formula is C17H16F4N4O3. The van der Waals surface area contributed by atoms with Gasteiger partial charge < -0.3 is 9.84 Å². The van der Waals surface area contributed by atoms with Crippen LogP contribution in [0.15, 0.2) is 29.2 Å². The van der Waals surface area contributed by atoms with E-state index in [9.17, 15) is 27.5 Å². The van der Waals surface area contributed by atoms with E-state index in [0.717, 1.165) is 12.1 Å². The fourth-order valence-corrected chi connectivity index (χ4v) is 3.05. The van der Waals surface area contributed by atoms with Crippen LogP contribution in [0.1, 0.15) is 31.1 Å². The van der Waals surface area contributed by atoms with Gasteiger partial charge in [0.05, 0.1) is 23.7 Å². The van der Waals surface area contributed by atoms with Crippen LogP contribution in [0.2, 0.25) is 0 Å². The van der Waals surface area contributed by atoms with Crippen LogP contribution in [0, 0.1) is 11.7 Å². The van der Waals surface area contributed by atoms with Crippen molar-refractivity contribution in [1.29, 1.82) is 0 Å². The van der Waals surface area contributed by atoms with Crippen molar-refractivity contribution in [3.05, 3.63) is 52.0 Å². The molecular weight excluding hydrogens is 384 g/mol. The van der Waals surface area contributed by atoms with Crippen molar-refractivity contribution in [3.8, 4) is 5.75 Å². The van der Waals surface area contributed by atoms with E-state index in [1.807, 2.05) is 0 Å². The van der Waals surface area contributed by atoms with Gasteiger partial charge in [0.25, 0.3) is 0 Å². The van der Waals surface area contributed by atoms with Crippen molar-refractivity contribution in [2.24, 2.45) is 5.92 Å². The lowest BCUT2D eigenvalue weighted by Crippen LogP contribution is -2.21. The Kier molecular flexibility index (Phi) is 5.11. The summed E-state index contributed by atoms with van der Waals surface area (Å²) in [5.74, 6) is -2.33. The minimum absolute atomic E-state index is 0.194. The zero-order valence-corrected chi connectivity index (χ0v) is 14.8. The van der Waals surface area contributed by atoms with Crippen LogP contribution >= 0.6 is 0 Å². The smallest absolute Gasteiger partial charge is 0.403 e. The standard InChI is InChI=1S/C17H16F4N4O3/c1-8(2)14(9-3-4-13(11(18)5-9)28-17(19,20)21)25-15-10(12(7-26)24-25)6-22-16(27)23-15/h3-6,8,14,26H,7H2,1-2H3,(H,22,23,27). The molecule has 1 aromatic carbocycles. The number of ether oxygens (including phenoxy) is 1. The van der Waals surface area contributed by atoms with Crippen molar-refractivity contribution < 1.29 is 27.4 Å². The number of aromatic nitrogens is 4. The summed E-state index contributed by atoms with van der Waals surface area (Å²) >= 11 is 0. The molecule has 28 heavy (non-hydrogen) atoms. The lowest BCUT2D eigenvalue weighted by molar-refractivity contribution is -0.275. The van der Waals surface area contributed by atoms with Crippen molar-refractivity contribution in [2.75, 3.05) is 0 Å². The molecule has 2 heterocycles. The molecule has 0 spiro atoms. The Morgan fingerprint density at radius 3 is 2.61 bits per heavy atom. The van der Waals surface area contributed by atoms with Gasteiger partial charge in [-0.2, -0.15) is 5.10 Å². The van der Waals surface area contributed by atoms with Gasteiger partial charge in [-0.1, -0.05) is 19.9 Å². The molecule has 150 valence electrons. The largest absolute Gasteiger partial charge is 0.573 e. The van der Waals surface area contributed by atoms with Gasteiger partial charge in [0.2, 0.25) is 0 Å². The van der Waals surface area contributed by atoms with Gasteiger partial charge in [-0.25, -0.2) is 18.9 Å². The maximum atomic E-state index is 14.2. The molecule has 2 aromatic heterocycles. The summed E-state index contributed by atoms with van der Waals surface area (Å²) in [6, 6.07) is 2.46. The number of halogens is 4. The number of alkyl halides is 3. The molecule has 0 aliphatic rings. The Hall–Kier alpha value is -2.95. The molecule has 3 aromatic rings. The first-order valence-corrected chi connectivity index (χ1v) is 8.23. The summed E-state index contributed by atoms with van der Waals surface area (Å²) in [5.41, 5.74) is 0.190. The molecule has 3 rings (SSSR count). The Morgan fingerprint density at radius 1 is 1.32 bits per heavy atom. The maximum Gasteiger partial charge on any atom is 0.573 e. The quantitative estimate of drug-likeness (QED) is 0.643. The van der Waals surface area contributed by atoms with Crippen LogP contribution in [0.25, 0.3) is 11.0 Å². The predicted octanol–water partition coefficient (Wildman–Crippen LogP) is 2.90. The SMILES string of the molecule is CC(C)C(c1ccc(OC(F)(F)F)c(F)c1)n1nc(CO)c2cnc(=O)[nH]c21. The second kappa shape index (κ2) is 7.23. The number of nitrogens with one attached hydrogen (secondary N) is 1. The molecule has 1 unspecified atom stereocenters. The zero-order valence-electron chi connectivity index (χ0n) is 14.8. The number of rotatable bonds is 5. The normalized spacial score (nSPS) is 13.3. The van der Waals surface area contributed by atoms with Gasteiger partial charge in [-0.15, -0.1) is 13.2 Å². The lowest BCUT2D eigenvalue weighted by Gasteiger charge is -2.23. The van der Waals surface area contributed by atoms with Crippen LogP contribution < -0.4 is 10.4 Å². The van der Waals surface area contributed by atoms with E-state index in [2.05, 4.69) is 19.8 Å². The van der Waals surface area contributed by atoms with Crippen LogP contribution in [0.3, 0.4) is 0 Å². The second-order valence-corrected chi connectivity index (χ2v) is 6.43. The lowest BCUT2D eigenvalue weighted by atomic mass is 9.96. The molecule has 0 bridgehead atoms. The van der Waals surface area contributed by atoms with E-state index in [1.165, 1.54) is 16.9 Å². The van der Waals surface area contributed by atoms with E-state index < -0.39 is 36.3 Å². The summed E-state index contributed by atoms with van der Waals surface area (Å²) < 4.78 is 56.3. The Bertz CT molecular complexity index is 1060. The average Bonchev–Trinajstić information content (AvgIpc) is 2.94. The summed E-state index contributed by atoms with van der Waals surface area (Å²) in [6.07, 6.45) is -3.75. The number of aliphatic hydroxyl groups is 1. The highest BCUT2D eigenvalue weighted by Crippen LogP contribution is 2.33. The summed E-state index contributed by atoms with van der Waals surface area (Å²) in [4.78, 5) is 17.8. The molecule has 0 amide bonds. The second-order valence-electron chi connectivity index (χ2n) is 6.43. The Labute approximate surface area is 155 Å². The van der Waals surface area contributed by atoms with Gasteiger partial charge in [-0.05, 0) is 23.6 Å². The van der Waals surface area contributed by atoms with E-state index in [0.29, 0.717) is 10.9 Å². The third kappa shape index (κ3) is 3.84. The third-order valence-corrected chi connectivity index (χ3v) is 4.13. The van der Waals surface area contributed by atoms with Gasteiger partial charge in [0.15, 0.2) is 11.6 Å². The fourth-order valence-electron chi connectivity index (χ4n) is 3.05. The third-order valence-electron chi connectivity index (χ3n) is 4.13. The number of benzene rings is 1. The number of nitrogens with zero attached hydrogens (tertiary/aromatic N) is 3. The monoisotopic (exact) mass is 400 g/mol. The van der Waals surface area contributed by atoms with E-state index >= 15 is 0 Å². The molecule has 2 N–H and O–H groups in total. The summed E-state index contributed by atoms with van der Waals surface area (Å²) in [5, 5.41) is 14.2. The fraction of sp³-hybridized carbons (Fsp3) is 0.353. The van der Waals surface area contributed by atoms with Gasteiger partial charge >= 0.3 is 12.1 Å². The number of hydrogen-bond acceptors (Lipinski definition) is 5. The number of aliphatic hydroxyl groups excluding tert-OH is 1. The molecule has 0 saturated heterocycles. The molecule has 0 radical (unpaired) electrons. The van der Waals surface area contributed by atoms with Crippen molar-refractivity contribution in [1.82, 2.24) is 19.7 Å². The average molecular weight is 400 g/mol. The Balaban J connectivity index is 2.13. The van der Waals surface area contributed by atoms with Gasteiger partial charge in [-0.3, -0.25) is 4.98 Å². The van der Waals surface area contributed by atoms with E-state index in [1.54, 1.807) is 13.8 Å². The minimum Gasteiger partial charge on any atom is -0.403 e. The number of fused-ring (bicyclic) bond motifs is 1. The molecule has 0 fully saturated rings. The van der Waals surface area contributed by atoms with Crippen molar-refractivity contribution in [2.45, 2.75) is 32.9 Å². The zero-order chi connectivity index (χ0) is 20.6. The predicted molar refractivity (Wildman–Crippen MR) is 90.1 cm³/mol. The van der Waals surface area contributed by atoms with E-state index in [4.69, 9.17) is 0 Å². The van der Waals surface area contributed by atoms with Gasteiger partial charge in [0, 0.05) is 6.20 Å². The first kappa shape index (κ1) is 19.8. The molecule has 11 heteroatoms. The van der Waals surface area contributed by atoms with Crippen LogP contribution in [-0.2, 0) is 6.61 Å². The van der Waals surface area contributed by atoms with Gasteiger partial charge in [0.1, 0.15) is 5.65 Å². The maximum absolute atomic E-state index is 14.2. The first-order chi connectivity index (χ1) is 13.1. The number of aromatic amines is 1. The highest BCUT2D eigenvalue weighted by Gasteiger charge is 2.33. The van der Waals surface area contributed by atoms with Crippen molar-refractivity contribution >= 4 is 11.0 Å². The summed E-state index contributed by atoms with van der Waals surface area (Å²) in [7, 11) is 0. The number of H-pyrrole nitrogens is 1. The van der Waals surface area contributed by atoms with E-state index in [-0.39, 0.29) is 17.3 Å². The first-order valence-electron chi connectivity index (χ1n) is 8.23.